The molecule has 0 aliphatic heterocycles. The Balaban J connectivity index is 0.000000215. The molecule has 0 nitrogen and oxygen atoms in total. The van der Waals surface area contributed by atoms with Crippen LogP contribution in [0.2, 0.25) is 0 Å². The predicted molar refractivity (Wildman–Crippen MR) is 56.7 cm³/mol. The van der Waals surface area contributed by atoms with Crippen molar-refractivity contribution >= 4 is 15.9 Å². The van der Waals surface area contributed by atoms with Crippen LogP contribution < -0.4 is 0 Å². The molecule has 2 heteroatoms. The first-order valence-corrected chi connectivity index (χ1v) is 4.99. The Hall–Kier alpha value is -0.301. The van der Waals surface area contributed by atoms with Crippen molar-refractivity contribution in [1.82, 2.24) is 0 Å². The first-order valence-electron chi connectivity index (χ1n) is 3.86. The van der Waals surface area contributed by atoms with E-state index in [-0.39, 0.29) is 17.1 Å². The molecule has 0 saturated heterocycles. The van der Waals surface area contributed by atoms with E-state index in [1.807, 2.05) is 42.5 Å². The first kappa shape index (κ1) is 12.7. The summed E-state index contributed by atoms with van der Waals surface area (Å²) in [7, 11) is 0. The van der Waals surface area contributed by atoms with Crippen molar-refractivity contribution < 1.29 is 17.1 Å². The smallest absolute Gasteiger partial charge is 0.214 e. The Morgan fingerprint density at radius 2 is 1.77 bits per heavy atom. The van der Waals surface area contributed by atoms with Gasteiger partial charge in [0, 0.05) is 5.33 Å². The minimum atomic E-state index is 0. The summed E-state index contributed by atoms with van der Waals surface area (Å²) >= 11 is 3.34. The standard InChI is InChI=1S/C6H6Br.C5H5.Fe/c7-5-6-3-1-2-4-6;1-2-4-5-3-1;/h1-4H,5H2;1-5H;/q2*-1;+2. The van der Waals surface area contributed by atoms with Gasteiger partial charge in [0.15, 0.2) is 0 Å². The molecule has 2 aromatic carbocycles. The van der Waals surface area contributed by atoms with Gasteiger partial charge in [-0.15, -0.1) is 0 Å². The molecule has 0 aromatic heterocycles. The minimum absolute atomic E-state index is 0. The predicted octanol–water partition coefficient (Wildman–Crippen LogP) is 3.70. The van der Waals surface area contributed by atoms with E-state index < -0.39 is 0 Å². The molecule has 13 heavy (non-hydrogen) atoms. The second kappa shape index (κ2) is 8.30. The molecule has 0 N–H and O–H groups in total. The van der Waals surface area contributed by atoms with E-state index in [1.54, 1.807) is 0 Å². The molecule has 0 unspecified atom stereocenters. The van der Waals surface area contributed by atoms with Crippen LogP contribution in [0.3, 0.4) is 0 Å². The minimum Gasteiger partial charge on any atom is -0.214 e. The summed E-state index contributed by atoms with van der Waals surface area (Å²) in [5, 5.41) is 0.972. The Labute approximate surface area is 98.3 Å². The van der Waals surface area contributed by atoms with Crippen molar-refractivity contribution in [2.45, 2.75) is 5.33 Å². The zero-order valence-electron chi connectivity index (χ0n) is 7.13. The molecule has 0 heterocycles. The maximum absolute atomic E-state index is 3.34. The van der Waals surface area contributed by atoms with Crippen LogP contribution in [0.15, 0.2) is 54.6 Å². The van der Waals surface area contributed by atoms with Gasteiger partial charge in [-0.25, -0.2) is 24.3 Å². The van der Waals surface area contributed by atoms with Gasteiger partial charge < -0.3 is 0 Å². The monoisotopic (exact) mass is 278 g/mol. The van der Waals surface area contributed by atoms with Crippen molar-refractivity contribution in [2.24, 2.45) is 0 Å². The largest absolute Gasteiger partial charge is 2.00 e. The molecule has 0 saturated carbocycles. The molecule has 0 atom stereocenters. The van der Waals surface area contributed by atoms with Crippen LogP contribution in [0, 0.1) is 0 Å². The van der Waals surface area contributed by atoms with Crippen molar-refractivity contribution in [3.63, 3.8) is 0 Å². The fourth-order valence-electron chi connectivity index (χ4n) is 0.824. The fourth-order valence-corrected chi connectivity index (χ4v) is 1.20. The summed E-state index contributed by atoms with van der Waals surface area (Å²) in [6.45, 7) is 0. The van der Waals surface area contributed by atoms with Crippen LogP contribution in [0.25, 0.3) is 0 Å². The number of hydrogen-bond donors (Lipinski definition) is 0. The molecule has 0 aliphatic carbocycles. The zero-order valence-corrected chi connectivity index (χ0v) is 9.82. The first-order chi connectivity index (χ1) is 5.93. The summed E-state index contributed by atoms with van der Waals surface area (Å²) in [5.74, 6) is 0. The third kappa shape index (κ3) is 5.86. The Morgan fingerprint density at radius 1 is 1.08 bits per heavy atom. The molecular weight excluding hydrogens is 268 g/mol. The molecule has 2 aromatic rings. The van der Waals surface area contributed by atoms with Crippen LogP contribution in [-0.2, 0) is 22.4 Å². The average Bonchev–Trinajstić information content (AvgIpc) is 2.81. The second-order valence-corrected chi connectivity index (χ2v) is 2.95. The van der Waals surface area contributed by atoms with E-state index in [1.165, 1.54) is 5.56 Å². The van der Waals surface area contributed by atoms with Crippen molar-refractivity contribution in [1.29, 1.82) is 0 Å². The molecule has 0 bridgehead atoms. The normalized spacial score (nSPS) is 8.08. The molecule has 0 fully saturated rings. The summed E-state index contributed by atoms with van der Waals surface area (Å²) in [5.41, 5.74) is 1.35. The molecule has 0 aliphatic rings. The van der Waals surface area contributed by atoms with Crippen LogP contribution in [0.4, 0.5) is 0 Å². The molecular formula is C11H11BrFe. The molecule has 70 valence electrons. The van der Waals surface area contributed by atoms with Gasteiger partial charge in [0.2, 0.25) is 0 Å². The van der Waals surface area contributed by atoms with Crippen molar-refractivity contribution in [3.8, 4) is 0 Å². The summed E-state index contributed by atoms with van der Waals surface area (Å²) in [4.78, 5) is 0. The SMILES string of the molecule is BrCc1ccc[cH-]1.[Fe+2].c1cc[cH-]c1. The van der Waals surface area contributed by atoms with Gasteiger partial charge in [-0.1, -0.05) is 15.9 Å². The number of halogens is 1. The van der Waals surface area contributed by atoms with E-state index in [9.17, 15) is 0 Å². The van der Waals surface area contributed by atoms with Gasteiger partial charge >= 0.3 is 17.1 Å². The third-order valence-electron chi connectivity index (χ3n) is 1.44. The summed E-state index contributed by atoms with van der Waals surface area (Å²) < 4.78 is 0. The van der Waals surface area contributed by atoms with Gasteiger partial charge in [-0.05, 0) is 0 Å². The van der Waals surface area contributed by atoms with E-state index in [0.717, 1.165) is 5.33 Å². The number of rotatable bonds is 1. The van der Waals surface area contributed by atoms with Crippen molar-refractivity contribution in [2.75, 3.05) is 0 Å². The Bertz CT molecular complexity index is 241. The van der Waals surface area contributed by atoms with Crippen LogP contribution in [-0.4, -0.2) is 0 Å². The van der Waals surface area contributed by atoms with Crippen LogP contribution in [0.1, 0.15) is 5.56 Å². The van der Waals surface area contributed by atoms with E-state index >= 15 is 0 Å². The summed E-state index contributed by atoms with van der Waals surface area (Å²) in [6.07, 6.45) is 0. The maximum Gasteiger partial charge on any atom is 2.00 e. The van der Waals surface area contributed by atoms with Gasteiger partial charge in [0.05, 0.1) is 0 Å². The fraction of sp³-hybridized carbons (Fsp3) is 0.0909. The number of hydrogen-bond acceptors (Lipinski definition) is 0. The Morgan fingerprint density at radius 3 is 2.00 bits per heavy atom. The van der Waals surface area contributed by atoms with E-state index in [0.29, 0.717) is 0 Å². The van der Waals surface area contributed by atoms with Gasteiger partial charge in [0.25, 0.3) is 0 Å². The maximum atomic E-state index is 3.34. The van der Waals surface area contributed by atoms with Gasteiger partial charge in [-0.2, -0.15) is 35.9 Å². The molecule has 0 radical (unpaired) electrons. The zero-order chi connectivity index (χ0) is 8.65. The average molecular weight is 279 g/mol. The topological polar surface area (TPSA) is 0 Å². The van der Waals surface area contributed by atoms with Crippen LogP contribution >= 0.6 is 15.9 Å². The molecule has 2 rings (SSSR count). The number of alkyl halides is 1. The van der Waals surface area contributed by atoms with Gasteiger partial charge in [-0.3, -0.25) is 0 Å². The van der Waals surface area contributed by atoms with E-state index in [2.05, 4.69) is 28.1 Å². The van der Waals surface area contributed by atoms with Crippen LogP contribution in [0.5, 0.6) is 0 Å². The Kier molecular flexibility index (Phi) is 8.11. The van der Waals surface area contributed by atoms with E-state index in [4.69, 9.17) is 0 Å². The summed E-state index contributed by atoms with van der Waals surface area (Å²) in [6, 6.07) is 18.3. The quantitative estimate of drug-likeness (QED) is 0.424. The third-order valence-corrected chi connectivity index (χ3v) is 2.09. The molecule has 0 spiro atoms. The van der Waals surface area contributed by atoms with Crippen molar-refractivity contribution in [3.05, 3.63) is 60.2 Å². The molecule has 0 amide bonds. The second-order valence-electron chi connectivity index (χ2n) is 2.39. The van der Waals surface area contributed by atoms with Gasteiger partial charge in [0.1, 0.15) is 0 Å².